The Balaban J connectivity index is 1.74. The van der Waals surface area contributed by atoms with Gasteiger partial charge in [0.2, 0.25) is 0 Å². The molecule has 1 saturated heterocycles. The van der Waals surface area contributed by atoms with Crippen LogP contribution in [0.5, 0.6) is 5.75 Å². The minimum Gasteiger partial charge on any atom is -0.489 e. The first-order valence-corrected chi connectivity index (χ1v) is 8.35. The highest BCUT2D eigenvalue weighted by molar-refractivity contribution is 6.42. The van der Waals surface area contributed by atoms with E-state index < -0.39 is 6.10 Å². The predicted octanol–water partition coefficient (Wildman–Crippen LogP) is 3.28. The Morgan fingerprint density at radius 1 is 1.32 bits per heavy atom. The molecule has 6 heteroatoms. The van der Waals surface area contributed by atoms with E-state index >= 15 is 0 Å². The minimum atomic E-state index is -0.608. The van der Waals surface area contributed by atoms with Crippen molar-refractivity contribution in [3.8, 4) is 5.75 Å². The van der Waals surface area contributed by atoms with E-state index in [4.69, 9.17) is 32.7 Å². The lowest BCUT2D eigenvalue weighted by Gasteiger charge is -2.33. The molecule has 0 bridgehead atoms. The van der Waals surface area contributed by atoms with Gasteiger partial charge in [-0.25, -0.2) is 0 Å². The standard InChI is InChI=1S/C16H23Cl2NO3/c1-10-6-12(7-11(2)22-10)19-8-13(20)9-21-15-5-3-4-14(17)16(15)18/h3-5,10-13,19-20H,6-9H2,1-2H3/t10-,11-,13+/m1/s1. The monoisotopic (exact) mass is 347 g/mol. The summed E-state index contributed by atoms with van der Waals surface area (Å²) in [5.41, 5.74) is 0. The summed E-state index contributed by atoms with van der Waals surface area (Å²) in [4.78, 5) is 0. The molecular formula is C16H23Cl2NO3. The molecule has 0 aliphatic carbocycles. The fraction of sp³-hybridized carbons (Fsp3) is 0.625. The molecule has 3 atom stereocenters. The average molecular weight is 348 g/mol. The molecule has 0 radical (unpaired) electrons. The number of aliphatic hydroxyl groups is 1. The molecule has 4 nitrogen and oxygen atoms in total. The molecule has 1 heterocycles. The molecule has 2 N–H and O–H groups in total. The van der Waals surface area contributed by atoms with Crippen LogP contribution >= 0.6 is 23.2 Å². The summed E-state index contributed by atoms with van der Waals surface area (Å²) in [5, 5.41) is 14.2. The number of aliphatic hydroxyl groups excluding tert-OH is 1. The van der Waals surface area contributed by atoms with Gasteiger partial charge >= 0.3 is 0 Å². The lowest BCUT2D eigenvalue weighted by atomic mass is 10.00. The van der Waals surface area contributed by atoms with E-state index in [-0.39, 0.29) is 18.8 Å². The lowest BCUT2D eigenvalue weighted by molar-refractivity contribution is -0.0437. The smallest absolute Gasteiger partial charge is 0.139 e. The van der Waals surface area contributed by atoms with Gasteiger partial charge in [-0.15, -0.1) is 0 Å². The second-order valence-corrected chi connectivity index (χ2v) is 6.64. The number of nitrogens with one attached hydrogen (secondary N) is 1. The zero-order chi connectivity index (χ0) is 16.1. The predicted molar refractivity (Wildman–Crippen MR) is 89.0 cm³/mol. The van der Waals surface area contributed by atoms with Gasteiger partial charge in [0.15, 0.2) is 0 Å². The van der Waals surface area contributed by atoms with Crippen molar-refractivity contribution < 1.29 is 14.6 Å². The molecule has 1 aromatic carbocycles. The summed E-state index contributed by atoms with van der Waals surface area (Å²) >= 11 is 12.0. The first-order valence-electron chi connectivity index (χ1n) is 7.59. The van der Waals surface area contributed by atoms with Crippen molar-refractivity contribution in [2.45, 2.75) is 51.0 Å². The van der Waals surface area contributed by atoms with Crippen LogP contribution in [0.4, 0.5) is 0 Å². The van der Waals surface area contributed by atoms with Crippen LogP contribution in [0, 0.1) is 0 Å². The van der Waals surface area contributed by atoms with Crippen LogP contribution < -0.4 is 10.1 Å². The normalized spacial score (nSPS) is 26.7. The van der Waals surface area contributed by atoms with Crippen LogP contribution in [0.3, 0.4) is 0 Å². The van der Waals surface area contributed by atoms with E-state index in [9.17, 15) is 5.11 Å². The van der Waals surface area contributed by atoms with Gasteiger partial charge in [-0.3, -0.25) is 0 Å². The fourth-order valence-corrected chi connectivity index (χ4v) is 3.06. The highest BCUT2D eigenvalue weighted by atomic mass is 35.5. The Kier molecular flexibility index (Phi) is 6.78. The molecule has 0 amide bonds. The molecule has 2 rings (SSSR count). The maximum Gasteiger partial charge on any atom is 0.139 e. The Morgan fingerprint density at radius 2 is 2.00 bits per heavy atom. The fourth-order valence-electron chi connectivity index (χ4n) is 2.72. The second kappa shape index (κ2) is 8.37. The van der Waals surface area contributed by atoms with Gasteiger partial charge in [0.05, 0.1) is 17.2 Å². The molecule has 0 unspecified atom stereocenters. The molecule has 1 aromatic rings. The third kappa shape index (κ3) is 5.28. The minimum absolute atomic E-state index is 0.168. The van der Waals surface area contributed by atoms with Crippen molar-refractivity contribution in [1.29, 1.82) is 0 Å². The van der Waals surface area contributed by atoms with Crippen molar-refractivity contribution in [2.75, 3.05) is 13.2 Å². The number of halogens is 2. The van der Waals surface area contributed by atoms with E-state index in [1.165, 1.54) is 0 Å². The maximum atomic E-state index is 10.0. The van der Waals surface area contributed by atoms with Gasteiger partial charge in [0.1, 0.15) is 23.5 Å². The van der Waals surface area contributed by atoms with Gasteiger partial charge in [-0.05, 0) is 38.8 Å². The Bertz CT molecular complexity index is 476. The van der Waals surface area contributed by atoms with E-state index in [2.05, 4.69) is 19.2 Å². The van der Waals surface area contributed by atoms with Crippen LogP contribution in [-0.2, 0) is 4.74 Å². The molecule has 22 heavy (non-hydrogen) atoms. The first-order chi connectivity index (χ1) is 10.5. The van der Waals surface area contributed by atoms with Crippen LogP contribution in [-0.4, -0.2) is 42.6 Å². The van der Waals surface area contributed by atoms with Gasteiger partial charge in [0.25, 0.3) is 0 Å². The number of rotatable bonds is 6. The third-order valence-electron chi connectivity index (χ3n) is 3.69. The summed E-state index contributed by atoms with van der Waals surface area (Å²) in [6.45, 7) is 4.79. The Morgan fingerprint density at radius 3 is 2.68 bits per heavy atom. The van der Waals surface area contributed by atoms with Crippen molar-refractivity contribution >= 4 is 23.2 Å². The molecule has 1 fully saturated rings. The van der Waals surface area contributed by atoms with Crippen molar-refractivity contribution in [3.05, 3.63) is 28.2 Å². The van der Waals surface area contributed by atoms with E-state index in [1.54, 1.807) is 18.2 Å². The molecule has 1 aliphatic rings. The van der Waals surface area contributed by atoms with Gasteiger partial charge < -0.3 is 19.9 Å². The quantitative estimate of drug-likeness (QED) is 0.828. The highest BCUT2D eigenvalue weighted by Crippen LogP contribution is 2.31. The van der Waals surface area contributed by atoms with Crippen LogP contribution in [0.15, 0.2) is 18.2 Å². The summed E-state index contributed by atoms with van der Waals surface area (Å²) in [6.07, 6.45) is 1.80. The first kappa shape index (κ1) is 17.8. The highest BCUT2D eigenvalue weighted by Gasteiger charge is 2.24. The number of hydrogen-bond acceptors (Lipinski definition) is 4. The second-order valence-electron chi connectivity index (χ2n) is 5.85. The van der Waals surface area contributed by atoms with Gasteiger partial charge in [-0.2, -0.15) is 0 Å². The van der Waals surface area contributed by atoms with Crippen molar-refractivity contribution in [3.63, 3.8) is 0 Å². The summed E-state index contributed by atoms with van der Waals surface area (Å²) in [7, 11) is 0. The topological polar surface area (TPSA) is 50.7 Å². The zero-order valence-corrected chi connectivity index (χ0v) is 14.4. The summed E-state index contributed by atoms with van der Waals surface area (Å²) in [5.74, 6) is 0.488. The summed E-state index contributed by atoms with van der Waals surface area (Å²) < 4.78 is 11.2. The molecule has 0 saturated carbocycles. The van der Waals surface area contributed by atoms with E-state index in [0.29, 0.717) is 28.4 Å². The number of benzene rings is 1. The Labute approximate surface area is 141 Å². The maximum absolute atomic E-state index is 10.0. The number of hydrogen-bond donors (Lipinski definition) is 2. The largest absolute Gasteiger partial charge is 0.489 e. The average Bonchev–Trinajstić information content (AvgIpc) is 2.46. The molecule has 0 aromatic heterocycles. The van der Waals surface area contributed by atoms with Gasteiger partial charge in [0, 0.05) is 12.6 Å². The van der Waals surface area contributed by atoms with Crippen LogP contribution in [0.25, 0.3) is 0 Å². The summed E-state index contributed by atoms with van der Waals surface area (Å²) in [6, 6.07) is 5.56. The van der Waals surface area contributed by atoms with Crippen LogP contribution in [0.1, 0.15) is 26.7 Å². The van der Waals surface area contributed by atoms with Crippen molar-refractivity contribution in [1.82, 2.24) is 5.32 Å². The lowest BCUT2D eigenvalue weighted by Crippen LogP contribution is -2.44. The van der Waals surface area contributed by atoms with Gasteiger partial charge in [-0.1, -0.05) is 29.3 Å². The number of ether oxygens (including phenoxy) is 2. The third-order valence-corrected chi connectivity index (χ3v) is 4.49. The SMILES string of the molecule is C[C@@H]1CC(NC[C@H](O)COc2cccc(Cl)c2Cl)C[C@@H](C)O1. The molecular weight excluding hydrogens is 325 g/mol. The zero-order valence-electron chi connectivity index (χ0n) is 12.9. The van der Waals surface area contributed by atoms with Crippen molar-refractivity contribution in [2.24, 2.45) is 0 Å². The van der Waals surface area contributed by atoms with Crippen LogP contribution in [0.2, 0.25) is 10.0 Å². The molecule has 0 spiro atoms. The van der Waals surface area contributed by atoms with E-state index in [1.807, 2.05) is 0 Å². The molecule has 124 valence electrons. The van der Waals surface area contributed by atoms with E-state index in [0.717, 1.165) is 12.8 Å². The Hall–Kier alpha value is -0.520. The molecule has 1 aliphatic heterocycles.